The monoisotopic (exact) mass is 356 g/mol. The fourth-order valence-corrected chi connectivity index (χ4v) is 4.13. The maximum Gasteiger partial charge on any atom is 0.257 e. The largest absolute Gasteiger partial charge is 0.368 e. The normalized spacial score (nSPS) is 26.9. The van der Waals surface area contributed by atoms with Crippen LogP contribution in [0.3, 0.4) is 0 Å². The van der Waals surface area contributed by atoms with Gasteiger partial charge in [-0.25, -0.2) is 0 Å². The van der Waals surface area contributed by atoms with E-state index in [9.17, 15) is 14.4 Å². The molecule has 0 spiro atoms. The van der Waals surface area contributed by atoms with Crippen molar-refractivity contribution in [3.05, 3.63) is 29.3 Å². The SMILES string of the molecule is CC1CN(c2cccc3c2C(=O)N(C2CCC(=O)NC2=O)C3)CCN1C. The molecule has 1 aromatic rings. The van der Waals surface area contributed by atoms with Crippen LogP contribution in [0.15, 0.2) is 18.2 Å². The quantitative estimate of drug-likeness (QED) is 0.785. The van der Waals surface area contributed by atoms with Gasteiger partial charge in [-0.15, -0.1) is 0 Å². The summed E-state index contributed by atoms with van der Waals surface area (Å²) < 4.78 is 0. The van der Waals surface area contributed by atoms with Gasteiger partial charge in [-0.2, -0.15) is 0 Å². The second-order valence-corrected chi connectivity index (χ2v) is 7.49. The molecule has 1 aromatic carbocycles. The molecular weight excluding hydrogens is 332 g/mol. The number of piperazine rings is 1. The first kappa shape index (κ1) is 17.0. The van der Waals surface area contributed by atoms with Crippen molar-refractivity contribution >= 4 is 23.4 Å². The lowest BCUT2D eigenvalue weighted by Crippen LogP contribution is -2.52. The van der Waals surface area contributed by atoms with Crippen LogP contribution in [0.5, 0.6) is 0 Å². The number of nitrogens with one attached hydrogen (secondary N) is 1. The standard InChI is InChI=1S/C19H24N4O3/c1-12-10-22(9-8-21(12)2)14-5-3-4-13-11-23(19(26)17(13)14)15-6-7-16(24)20-18(15)25/h3-5,12,15H,6-11H2,1-2H3,(H,20,24,25). The summed E-state index contributed by atoms with van der Waals surface area (Å²) >= 11 is 0. The van der Waals surface area contributed by atoms with Gasteiger partial charge in [0.2, 0.25) is 11.8 Å². The number of nitrogens with zero attached hydrogens (tertiary/aromatic N) is 3. The van der Waals surface area contributed by atoms with Crippen LogP contribution >= 0.6 is 0 Å². The second-order valence-electron chi connectivity index (χ2n) is 7.49. The summed E-state index contributed by atoms with van der Waals surface area (Å²) in [6, 6.07) is 5.80. The Balaban J connectivity index is 1.61. The van der Waals surface area contributed by atoms with Crippen molar-refractivity contribution in [1.29, 1.82) is 0 Å². The van der Waals surface area contributed by atoms with E-state index in [0.717, 1.165) is 30.9 Å². The van der Waals surface area contributed by atoms with E-state index in [1.54, 1.807) is 4.90 Å². The van der Waals surface area contributed by atoms with Crippen LogP contribution in [0.4, 0.5) is 5.69 Å². The van der Waals surface area contributed by atoms with Crippen LogP contribution in [0.1, 0.15) is 35.7 Å². The van der Waals surface area contributed by atoms with Gasteiger partial charge in [0.1, 0.15) is 6.04 Å². The minimum Gasteiger partial charge on any atom is -0.368 e. The van der Waals surface area contributed by atoms with Crippen molar-refractivity contribution in [2.24, 2.45) is 0 Å². The molecule has 4 rings (SSSR count). The zero-order chi connectivity index (χ0) is 18.4. The lowest BCUT2D eigenvalue weighted by Gasteiger charge is -2.39. The summed E-state index contributed by atoms with van der Waals surface area (Å²) in [5.74, 6) is -0.726. The molecule has 3 aliphatic heterocycles. The molecule has 2 atom stereocenters. The molecule has 2 unspecified atom stereocenters. The number of fused-ring (bicyclic) bond motifs is 1. The van der Waals surface area contributed by atoms with E-state index in [4.69, 9.17) is 0 Å². The van der Waals surface area contributed by atoms with Crippen molar-refractivity contribution in [1.82, 2.24) is 15.1 Å². The lowest BCUT2D eigenvalue weighted by atomic mass is 10.0. The highest BCUT2D eigenvalue weighted by Crippen LogP contribution is 2.34. The van der Waals surface area contributed by atoms with Gasteiger partial charge in [-0.05, 0) is 32.0 Å². The number of hydrogen-bond acceptors (Lipinski definition) is 5. The number of piperidine rings is 1. The van der Waals surface area contributed by atoms with Crippen LogP contribution < -0.4 is 10.2 Å². The van der Waals surface area contributed by atoms with E-state index >= 15 is 0 Å². The van der Waals surface area contributed by atoms with Crippen molar-refractivity contribution < 1.29 is 14.4 Å². The predicted molar refractivity (Wildman–Crippen MR) is 96.8 cm³/mol. The summed E-state index contributed by atoms with van der Waals surface area (Å²) in [5.41, 5.74) is 2.64. The molecule has 0 bridgehead atoms. The Morgan fingerprint density at radius 3 is 2.69 bits per heavy atom. The first-order valence-electron chi connectivity index (χ1n) is 9.17. The van der Waals surface area contributed by atoms with Gasteiger partial charge >= 0.3 is 0 Å². The summed E-state index contributed by atoms with van der Waals surface area (Å²) in [6.45, 7) is 5.32. The Bertz CT molecular complexity index is 778. The van der Waals surface area contributed by atoms with Crippen molar-refractivity contribution in [3.8, 4) is 0 Å². The topological polar surface area (TPSA) is 73.0 Å². The number of amides is 3. The van der Waals surface area contributed by atoms with E-state index in [0.29, 0.717) is 24.6 Å². The molecule has 0 saturated carbocycles. The van der Waals surface area contributed by atoms with Crippen LogP contribution in [0.25, 0.3) is 0 Å². The van der Waals surface area contributed by atoms with E-state index < -0.39 is 6.04 Å². The molecule has 2 saturated heterocycles. The van der Waals surface area contributed by atoms with Gasteiger partial charge in [0.05, 0.1) is 5.56 Å². The van der Waals surface area contributed by atoms with Gasteiger partial charge < -0.3 is 14.7 Å². The minimum atomic E-state index is -0.563. The van der Waals surface area contributed by atoms with E-state index in [1.807, 2.05) is 18.2 Å². The Labute approximate surface area is 152 Å². The third-order valence-corrected chi connectivity index (χ3v) is 5.83. The molecule has 0 radical (unpaired) electrons. The molecule has 7 nitrogen and oxygen atoms in total. The Kier molecular flexibility index (Phi) is 4.19. The number of benzene rings is 1. The number of likely N-dealkylation sites (N-methyl/N-ethyl adjacent to an activating group) is 1. The molecule has 3 amide bonds. The third-order valence-electron chi connectivity index (χ3n) is 5.83. The summed E-state index contributed by atoms with van der Waals surface area (Å²) in [4.78, 5) is 43.0. The fraction of sp³-hybridized carbons (Fsp3) is 0.526. The molecule has 3 heterocycles. The van der Waals surface area contributed by atoms with Crippen molar-refractivity contribution in [3.63, 3.8) is 0 Å². The van der Waals surface area contributed by atoms with Crippen LogP contribution in [0, 0.1) is 0 Å². The highest BCUT2D eigenvalue weighted by molar-refractivity contribution is 6.08. The zero-order valence-corrected chi connectivity index (χ0v) is 15.2. The van der Waals surface area contributed by atoms with Crippen LogP contribution in [0.2, 0.25) is 0 Å². The summed E-state index contributed by atoms with van der Waals surface area (Å²) in [6.07, 6.45) is 0.671. The minimum absolute atomic E-state index is 0.100. The van der Waals surface area contributed by atoms with Crippen molar-refractivity contribution in [2.75, 3.05) is 31.6 Å². The molecular formula is C19H24N4O3. The first-order chi connectivity index (χ1) is 12.5. The summed E-state index contributed by atoms with van der Waals surface area (Å²) in [5, 5.41) is 2.35. The number of carbonyl (C=O) groups is 3. The highest BCUT2D eigenvalue weighted by Gasteiger charge is 2.40. The fourth-order valence-electron chi connectivity index (χ4n) is 4.13. The molecule has 26 heavy (non-hydrogen) atoms. The molecule has 1 N–H and O–H groups in total. The molecule has 0 aromatic heterocycles. The van der Waals surface area contributed by atoms with Crippen molar-refractivity contribution in [2.45, 2.75) is 38.4 Å². The van der Waals surface area contributed by atoms with Gasteiger partial charge in [0.15, 0.2) is 0 Å². The smallest absolute Gasteiger partial charge is 0.257 e. The third kappa shape index (κ3) is 2.76. The van der Waals surface area contributed by atoms with Gasteiger partial charge in [-0.1, -0.05) is 12.1 Å². The van der Waals surface area contributed by atoms with E-state index in [-0.39, 0.29) is 24.1 Å². The van der Waals surface area contributed by atoms with Gasteiger partial charge in [-0.3, -0.25) is 19.7 Å². The van der Waals surface area contributed by atoms with Gasteiger partial charge in [0.25, 0.3) is 5.91 Å². The van der Waals surface area contributed by atoms with E-state index in [2.05, 4.69) is 29.1 Å². The Hall–Kier alpha value is -2.41. The number of carbonyl (C=O) groups excluding carboxylic acids is 3. The zero-order valence-electron chi connectivity index (χ0n) is 15.2. The lowest BCUT2D eigenvalue weighted by molar-refractivity contribution is -0.136. The average Bonchev–Trinajstić information content (AvgIpc) is 2.94. The summed E-state index contributed by atoms with van der Waals surface area (Å²) in [7, 11) is 2.12. The number of imide groups is 1. The highest BCUT2D eigenvalue weighted by atomic mass is 16.2. The number of anilines is 1. The molecule has 2 fully saturated rings. The number of rotatable bonds is 2. The van der Waals surface area contributed by atoms with E-state index in [1.165, 1.54) is 0 Å². The van der Waals surface area contributed by atoms with Crippen LogP contribution in [-0.2, 0) is 16.1 Å². The molecule has 138 valence electrons. The first-order valence-corrected chi connectivity index (χ1v) is 9.17. The maximum atomic E-state index is 13.2. The Morgan fingerprint density at radius 1 is 1.15 bits per heavy atom. The predicted octanol–water partition coefficient (Wildman–Crippen LogP) is 0.588. The second kappa shape index (κ2) is 6.39. The molecule has 0 aliphatic carbocycles. The number of hydrogen-bond donors (Lipinski definition) is 1. The molecule has 7 heteroatoms. The molecule has 3 aliphatic rings. The average molecular weight is 356 g/mol. The van der Waals surface area contributed by atoms with Gasteiger partial charge in [0, 0.05) is 44.3 Å². The van der Waals surface area contributed by atoms with Crippen LogP contribution in [-0.4, -0.2) is 66.3 Å². The Morgan fingerprint density at radius 2 is 1.96 bits per heavy atom. The maximum absolute atomic E-state index is 13.2.